The third kappa shape index (κ3) is 15.4. The highest BCUT2D eigenvalue weighted by Gasteiger charge is 2.50. The van der Waals surface area contributed by atoms with Gasteiger partial charge < -0.3 is 65.8 Å². The SMILES string of the molecule is COc1ccc2c(OS(=O)(=O)Oc3cc(C(=O)N(C)CCOCCOCCOCCN=[N+]=[N-])ccc3O[C@@H]3O[C@H](COC(C)=O)[C@@H](C)[C@H](OC(C)=O)[C@H]3OC(C)=O)cc3c(c2c1)[C@H](CCl)CN3C(=O)c1cc2cc(C(C)=O)ccc2[nH]1. The zero-order valence-corrected chi connectivity index (χ0v) is 46.9. The average molecular weight is 1170 g/mol. The molecule has 6 atom stereocenters. The minimum absolute atomic E-state index is 0.0581. The zero-order valence-electron chi connectivity index (χ0n) is 45.4. The molecule has 2 aliphatic heterocycles. The number of nitrogens with one attached hydrogen (secondary N) is 1. The number of aromatic amines is 1. The number of aromatic nitrogens is 1. The van der Waals surface area contributed by atoms with Crippen molar-refractivity contribution in [3.8, 4) is 23.0 Å². The van der Waals surface area contributed by atoms with Crippen LogP contribution in [-0.2, 0) is 57.9 Å². The minimum Gasteiger partial charge on any atom is -0.497 e. The van der Waals surface area contributed by atoms with Crippen LogP contribution < -0.4 is 22.7 Å². The number of carbonyl (C=O) groups is 6. The number of rotatable bonds is 27. The van der Waals surface area contributed by atoms with Crippen molar-refractivity contribution in [1.29, 1.82) is 0 Å². The molecule has 2 aliphatic rings. The summed E-state index contributed by atoms with van der Waals surface area (Å²) >= 11 is 6.60. The Bertz CT molecular complexity index is 3320. The molecular formula is C54H61ClN6O19S. The Labute approximate surface area is 470 Å². The van der Waals surface area contributed by atoms with Gasteiger partial charge in [0.15, 0.2) is 23.0 Å². The van der Waals surface area contributed by atoms with Crippen LogP contribution in [0.4, 0.5) is 5.69 Å². The van der Waals surface area contributed by atoms with E-state index < -0.39 is 88.1 Å². The molecule has 0 unspecified atom stereocenters. The molecule has 0 bridgehead atoms. The van der Waals surface area contributed by atoms with Crippen molar-refractivity contribution in [3.05, 3.63) is 99.6 Å². The summed E-state index contributed by atoms with van der Waals surface area (Å²) in [5, 5.41) is 4.69. The number of fused-ring (bicyclic) bond motifs is 4. The van der Waals surface area contributed by atoms with Crippen LogP contribution in [-0.4, -0.2) is 164 Å². The van der Waals surface area contributed by atoms with Crippen LogP contribution in [0.3, 0.4) is 0 Å². The number of likely N-dealkylation sites (N-methyl/N-ethyl adjacent to an activating group) is 1. The van der Waals surface area contributed by atoms with Gasteiger partial charge in [0, 0.05) is 104 Å². The van der Waals surface area contributed by atoms with Crippen LogP contribution >= 0.6 is 11.6 Å². The van der Waals surface area contributed by atoms with Crippen molar-refractivity contribution in [2.24, 2.45) is 11.0 Å². The number of halogens is 1. The molecule has 434 valence electrons. The monoisotopic (exact) mass is 1160 g/mol. The van der Waals surface area contributed by atoms with Crippen molar-refractivity contribution < 1.29 is 88.2 Å². The number of carbonyl (C=O) groups excluding carboxylic acids is 6. The number of anilines is 1. The van der Waals surface area contributed by atoms with Crippen LogP contribution in [0.2, 0.25) is 0 Å². The predicted octanol–water partition coefficient (Wildman–Crippen LogP) is 6.82. The summed E-state index contributed by atoms with van der Waals surface area (Å²) in [5.41, 5.74) is 10.3. The maximum Gasteiger partial charge on any atom is 0.501 e. The molecule has 0 radical (unpaired) electrons. The second-order valence-electron chi connectivity index (χ2n) is 18.8. The number of esters is 3. The molecule has 2 amide bonds. The Morgan fingerprint density at radius 1 is 0.802 bits per heavy atom. The lowest BCUT2D eigenvalue weighted by atomic mass is 9.90. The number of amides is 2. The van der Waals surface area contributed by atoms with Crippen LogP contribution in [0, 0.1) is 5.92 Å². The maximum atomic E-state index is 14.6. The topological polar surface area (TPSA) is 309 Å². The summed E-state index contributed by atoms with van der Waals surface area (Å²) in [5.74, 6) is -5.65. The van der Waals surface area contributed by atoms with Crippen LogP contribution in [0.5, 0.6) is 23.0 Å². The maximum absolute atomic E-state index is 14.6. The molecular weight excluding hydrogens is 1100 g/mol. The fourth-order valence-corrected chi connectivity index (χ4v) is 10.1. The quantitative estimate of drug-likeness (QED) is 0.00824. The van der Waals surface area contributed by atoms with E-state index in [9.17, 15) is 37.2 Å². The third-order valence-corrected chi connectivity index (χ3v) is 14.2. The average Bonchev–Trinajstić information content (AvgIpc) is 4.18. The first kappa shape index (κ1) is 60.9. The molecule has 0 spiro atoms. The fourth-order valence-electron chi connectivity index (χ4n) is 9.15. The molecule has 25 nitrogen and oxygen atoms in total. The highest BCUT2D eigenvalue weighted by atomic mass is 35.5. The number of hydrogen-bond acceptors (Lipinski definition) is 20. The van der Waals surface area contributed by atoms with Crippen LogP contribution in [0.1, 0.15) is 77.3 Å². The third-order valence-electron chi connectivity index (χ3n) is 13.1. The van der Waals surface area contributed by atoms with Gasteiger partial charge in [-0.05, 0) is 84.1 Å². The molecule has 5 aromatic rings. The van der Waals surface area contributed by atoms with E-state index in [1.54, 1.807) is 49.4 Å². The van der Waals surface area contributed by atoms with Gasteiger partial charge in [0.1, 0.15) is 30.3 Å². The summed E-state index contributed by atoms with van der Waals surface area (Å²) in [6.07, 6.45) is -5.51. The number of ether oxygens (including phenoxy) is 9. The van der Waals surface area contributed by atoms with E-state index >= 15 is 0 Å². The van der Waals surface area contributed by atoms with E-state index in [0.717, 1.165) is 19.9 Å². The lowest BCUT2D eigenvalue weighted by molar-refractivity contribution is -0.271. The Hall–Kier alpha value is -7.71. The fraction of sp³-hybridized carbons (Fsp3) is 0.444. The molecule has 0 aliphatic carbocycles. The number of azide groups is 1. The second kappa shape index (κ2) is 27.6. The van der Waals surface area contributed by atoms with Gasteiger partial charge in [0.25, 0.3) is 11.8 Å². The van der Waals surface area contributed by atoms with E-state index in [4.69, 9.17) is 68.1 Å². The molecule has 3 heterocycles. The van der Waals surface area contributed by atoms with E-state index in [-0.39, 0.29) is 106 Å². The first-order chi connectivity index (χ1) is 38.7. The van der Waals surface area contributed by atoms with E-state index in [1.807, 2.05) is 0 Å². The molecule has 1 aromatic heterocycles. The normalized spacial score (nSPS) is 18.5. The van der Waals surface area contributed by atoms with Gasteiger partial charge in [0.05, 0.1) is 52.4 Å². The second-order valence-corrected chi connectivity index (χ2v) is 20.2. The molecule has 81 heavy (non-hydrogen) atoms. The predicted molar refractivity (Wildman–Crippen MR) is 290 cm³/mol. The van der Waals surface area contributed by atoms with Crippen molar-refractivity contribution in [3.63, 3.8) is 0 Å². The number of hydrogen-bond donors (Lipinski definition) is 1. The molecule has 27 heteroatoms. The zero-order chi connectivity index (χ0) is 58.5. The largest absolute Gasteiger partial charge is 0.501 e. The number of methoxy groups -OCH3 is 1. The Kier molecular flexibility index (Phi) is 20.8. The van der Waals surface area contributed by atoms with E-state index in [0.29, 0.717) is 33.2 Å². The Morgan fingerprint density at radius 3 is 2.15 bits per heavy atom. The standard InChI is InChI=1S/C54H61ClN6O19S/c1-30-48(29-74-32(3)63)78-54(51(76-34(5)65)50(30)75-33(4)64)77-45-13-9-36(52(66)60(6)15-17-72-19-21-73-20-18-71-16-14-57-59-56)24-47(45)80-81(68,69)79-46-26-44-49(41-25-39(70-7)10-11-40(41)46)38(27-55)28-61(44)53(67)43-23-37-22-35(31(2)62)8-12-42(37)58-43/h8-13,22-26,30,38,48,50-51,54,58H,14-21,27-29H2,1-7H3/t30-,38-,48-,50+,51-,54-/m1/s1. The van der Waals surface area contributed by atoms with Gasteiger partial charge in [-0.2, -0.15) is 0 Å². The molecule has 1 saturated heterocycles. The molecule has 1 fully saturated rings. The number of alkyl halides is 1. The molecule has 4 aromatic carbocycles. The number of H-pyrrole nitrogens is 1. The number of benzene rings is 4. The summed E-state index contributed by atoms with van der Waals surface area (Å²) < 4.78 is 91.7. The van der Waals surface area contributed by atoms with Crippen LogP contribution in [0.25, 0.3) is 32.1 Å². The van der Waals surface area contributed by atoms with Gasteiger partial charge in [-0.15, -0.1) is 20.0 Å². The van der Waals surface area contributed by atoms with Crippen molar-refractivity contribution in [2.45, 2.75) is 65.1 Å². The number of Topliss-reactive ketones (excluding diaryl/α,β-unsaturated/α-hetero) is 1. The number of nitrogens with zero attached hydrogens (tertiary/aromatic N) is 5. The number of ketones is 1. The lowest BCUT2D eigenvalue weighted by Crippen LogP contribution is -2.59. The summed E-state index contributed by atoms with van der Waals surface area (Å²) in [4.78, 5) is 86.3. The molecule has 7 rings (SSSR count). The van der Waals surface area contributed by atoms with E-state index in [2.05, 4.69) is 15.0 Å². The lowest BCUT2D eigenvalue weighted by Gasteiger charge is -2.43. The van der Waals surface area contributed by atoms with E-state index in [1.165, 1.54) is 56.0 Å². The van der Waals surface area contributed by atoms with Crippen LogP contribution in [0.15, 0.2) is 71.8 Å². The van der Waals surface area contributed by atoms with Crippen molar-refractivity contribution >= 4 is 84.9 Å². The highest BCUT2D eigenvalue weighted by Crippen LogP contribution is 2.48. The summed E-state index contributed by atoms with van der Waals surface area (Å²) in [6, 6.07) is 16.4. The Balaban J connectivity index is 1.22. The summed E-state index contributed by atoms with van der Waals surface area (Å²) in [7, 11) is -2.38. The van der Waals surface area contributed by atoms with Crippen molar-refractivity contribution in [2.75, 3.05) is 90.8 Å². The van der Waals surface area contributed by atoms with Crippen molar-refractivity contribution in [1.82, 2.24) is 9.88 Å². The van der Waals surface area contributed by atoms with Gasteiger partial charge >= 0.3 is 28.3 Å². The highest BCUT2D eigenvalue weighted by molar-refractivity contribution is 7.82. The first-order valence-corrected chi connectivity index (χ1v) is 27.3. The smallest absolute Gasteiger partial charge is 0.497 e. The molecule has 0 saturated carbocycles. The first-order valence-electron chi connectivity index (χ1n) is 25.5. The summed E-state index contributed by atoms with van der Waals surface area (Å²) in [6.45, 7) is 7.71. The van der Waals surface area contributed by atoms with Gasteiger partial charge in [-0.25, -0.2) is 0 Å². The van der Waals surface area contributed by atoms with Gasteiger partial charge in [0.2, 0.25) is 12.4 Å². The Morgan fingerprint density at radius 2 is 1.48 bits per heavy atom. The minimum atomic E-state index is -5.32. The molecule has 1 N–H and O–H groups in total. The van der Waals surface area contributed by atoms with Gasteiger partial charge in [-0.3, -0.25) is 28.8 Å². The van der Waals surface area contributed by atoms with Gasteiger partial charge in [-0.1, -0.05) is 12.0 Å².